The molecule has 2 N–H and O–H groups in total. The molecular formula is C23H25N3O3S. The van der Waals surface area contributed by atoms with Crippen LogP contribution in [0.3, 0.4) is 0 Å². The van der Waals surface area contributed by atoms with Crippen LogP contribution in [0, 0.1) is 6.92 Å². The monoisotopic (exact) mass is 423 g/mol. The molecule has 0 saturated carbocycles. The van der Waals surface area contributed by atoms with Gasteiger partial charge in [-0.3, -0.25) is 4.79 Å². The van der Waals surface area contributed by atoms with Crippen molar-refractivity contribution >= 4 is 15.9 Å². The number of nitrogens with two attached hydrogens (primary N) is 1. The summed E-state index contributed by atoms with van der Waals surface area (Å²) in [6.45, 7) is 2.25. The summed E-state index contributed by atoms with van der Waals surface area (Å²) < 4.78 is 30.5. The van der Waals surface area contributed by atoms with Gasteiger partial charge < -0.3 is 10.3 Å². The summed E-state index contributed by atoms with van der Waals surface area (Å²) in [6, 6.07) is 17.0. The molecule has 1 heterocycles. The van der Waals surface area contributed by atoms with E-state index in [9.17, 15) is 13.2 Å². The second-order valence-corrected chi connectivity index (χ2v) is 9.72. The van der Waals surface area contributed by atoms with Crippen molar-refractivity contribution in [1.82, 2.24) is 8.87 Å². The maximum atomic E-state index is 13.7. The Balaban J connectivity index is 1.79. The molecule has 0 bridgehead atoms. The molecule has 30 heavy (non-hydrogen) atoms. The zero-order valence-electron chi connectivity index (χ0n) is 17.1. The number of primary amides is 1. The van der Waals surface area contributed by atoms with Crippen molar-refractivity contribution in [3.8, 4) is 0 Å². The molecule has 6 nitrogen and oxygen atoms in total. The lowest BCUT2D eigenvalue weighted by Gasteiger charge is -2.29. The van der Waals surface area contributed by atoms with Crippen LogP contribution in [0.2, 0.25) is 0 Å². The van der Waals surface area contributed by atoms with Gasteiger partial charge in [0.1, 0.15) is 10.6 Å². The Kier molecular flexibility index (Phi) is 5.26. The first kappa shape index (κ1) is 20.4. The molecule has 1 atom stereocenters. The number of amides is 1. The lowest BCUT2D eigenvalue weighted by Crippen LogP contribution is -2.33. The van der Waals surface area contributed by atoms with Crippen molar-refractivity contribution in [2.45, 2.75) is 37.2 Å². The van der Waals surface area contributed by atoms with Crippen molar-refractivity contribution in [1.29, 1.82) is 0 Å². The number of aromatic nitrogens is 1. The first-order valence-corrected chi connectivity index (χ1v) is 11.3. The third kappa shape index (κ3) is 3.66. The third-order valence-electron chi connectivity index (χ3n) is 5.75. The normalized spacial score (nSPS) is 16.0. The predicted molar refractivity (Wildman–Crippen MR) is 115 cm³/mol. The van der Waals surface area contributed by atoms with Crippen LogP contribution in [0.5, 0.6) is 0 Å². The summed E-state index contributed by atoms with van der Waals surface area (Å²) in [7, 11) is -2.25. The number of carbonyl (C=O) groups is 1. The van der Waals surface area contributed by atoms with Crippen molar-refractivity contribution in [3.05, 3.63) is 88.7 Å². The van der Waals surface area contributed by atoms with Gasteiger partial charge in [0.05, 0.1) is 6.04 Å². The Labute approximate surface area is 177 Å². The first-order valence-electron chi connectivity index (χ1n) is 9.89. The minimum absolute atomic E-state index is 0.0790. The Morgan fingerprint density at radius 2 is 1.87 bits per heavy atom. The Morgan fingerprint density at radius 1 is 1.17 bits per heavy atom. The number of hydrogen-bond acceptors (Lipinski definition) is 3. The van der Waals surface area contributed by atoms with Crippen LogP contribution in [0.25, 0.3) is 0 Å². The molecule has 1 aliphatic rings. The molecule has 0 saturated heterocycles. The van der Waals surface area contributed by atoms with Crippen molar-refractivity contribution in [3.63, 3.8) is 0 Å². The molecule has 0 aliphatic heterocycles. The van der Waals surface area contributed by atoms with E-state index in [1.165, 1.54) is 22.4 Å². The fourth-order valence-electron chi connectivity index (χ4n) is 4.13. The lowest BCUT2D eigenvalue weighted by molar-refractivity contribution is 0.0992. The molecule has 2 aromatic carbocycles. The fourth-order valence-corrected chi connectivity index (χ4v) is 5.82. The van der Waals surface area contributed by atoms with Crippen molar-refractivity contribution in [2.24, 2.45) is 12.8 Å². The minimum atomic E-state index is -3.87. The summed E-state index contributed by atoms with van der Waals surface area (Å²) in [5.41, 5.74) is 9.82. The molecule has 1 amide bonds. The quantitative estimate of drug-likeness (QED) is 0.660. The number of fused-ring (bicyclic) bond motifs is 1. The number of hydrogen-bond donors (Lipinski definition) is 1. The van der Waals surface area contributed by atoms with Crippen LogP contribution in [0.1, 0.15) is 45.2 Å². The minimum Gasteiger partial charge on any atom is -0.364 e. The molecule has 1 aromatic heterocycles. The molecule has 0 fully saturated rings. The number of nitrogens with zero attached hydrogens (tertiary/aromatic N) is 2. The highest BCUT2D eigenvalue weighted by molar-refractivity contribution is 7.89. The number of sulfonamides is 1. The molecular weight excluding hydrogens is 398 g/mol. The van der Waals surface area contributed by atoms with Crippen LogP contribution in [-0.2, 0) is 30.0 Å². The van der Waals surface area contributed by atoms with E-state index >= 15 is 0 Å². The zero-order chi connectivity index (χ0) is 21.5. The van der Waals surface area contributed by atoms with E-state index in [4.69, 9.17) is 5.73 Å². The molecule has 0 unspecified atom stereocenters. The molecule has 0 radical (unpaired) electrons. The number of aryl methyl sites for hydroxylation is 3. The topological polar surface area (TPSA) is 85.4 Å². The largest absolute Gasteiger partial charge is 0.364 e. The van der Waals surface area contributed by atoms with Crippen LogP contribution >= 0.6 is 0 Å². The third-order valence-corrected chi connectivity index (χ3v) is 7.57. The van der Waals surface area contributed by atoms with E-state index in [1.54, 1.807) is 11.4 Å². The maximum absolute atomic E-state index is 13.7. The van der Waals surface area contributed by atoms with Gasteiger partial charge in [-0.1, -0.05) is 54.1 Å². The molecule has 1 aliphatic carbocycles. The van der Waals surface area contributed by atoms with Gasteiger partial charge in [-0.2, -0.15) is 4.31 Å². The fraction of sp³-hybridized carbons (Fsp3) is 0.261. The second kappa shape index (κ2) is 7.74. The Morgan fingerprint density at radius 3 is 2.53 bits per heavy atom. The average molecular weight is 424 g/mol. The number of benzene rings is 2. The Bertz CT molecular complexity index is 1200. The average Bonchev–Trinajstić information content (AvgIpc) is 3.31. The van der Waals surface area contributed by atoms with Gasteiger partial charge in [-0.15, -0.1) is 0 Å². The molecule has 0 spiro atoms. The molecule has 7 heteroatoms. The summed E-state index contributed by atoms with van der Waals surface area (Å²) in [5.74, 6) is -0.657. The van der Waals surface area contributed by atoms with E-state index in [0.717, 1.165) is 29.5 Å². The SMILES string of the molecule is Cc1ccc(CN([C@H]2CCc3ccccc32)S(=O)(=O)c2cc(C(N)=O)n(C)c2)cc1. The number of rotatable bonds is 6. The predicted octanol–water partition coefficient (Wildman–Crippen LogP) is 3.31. The summed E-state index contributed by atoms with van der Waals surface area (Å²) in [6.07, 6.45) is 3.01. The van der Waals surface area contributed by atoms with Gasteiger partial charge in [-0.25, -0.2) is 8.42 Å². The Hall–Kier alpha value is -2.90. The molecule has 4 rings (SSSR count). The van der Waals surface area contributed by atoms with E-state index in [-0.39, 0.29) is 23.2 Å². The zero-order valence-corrected chi connectivity index (χ0v) is 17.9. The van der Waals surface area contributed by atoms with E-state index < -0.39 is 15.9 Å². The molecule has 3 aromatic rings. The summed E-state index contributed by atoms with van der Waals surface area (Å²) in [5, 5.41) is 0. The maximum Gasteiger partial charge on any atom is 0.265 e. The highest BCUT2D eigenvalue weighted by Gasteiger charge is 2.37. The van der Waals surface area contributed by atoms with E-state index in [2.05, 4.69) is 6.07 Å². The van der Waals surface area contributed by atoms with Gasteiger partial charge in [-0.05, 0) is 42.5 Å². The summed E-state index contributed by atoms with van der Waals surface area (Å²) in [4.78, 5) is 11.7. The lowest BCUT2D eigenvalue weighted by atomic mass is 10.1. The highest BCUT2D eigenvalue weighted by Crippen LogP contribution is 2.39. The van der Waals surface area contributed by atoms with Crippen LogP contribution < -0.4 is 5.73 Å². The first-order chi connectivity index (χ1) is 14.3. The van der Waals surface area contributed by atoms with Gasteiger partial charge in [0.2, 0.25) is 10.0 Å². The van der Waals surface area contributed by atoms with E-state index in [0.29, 0.717) is 0 Å². The highest BCUT2D eigenvalue weighted by atomic mass is 32.2. The van der Waals surface area contributed by atoms with E-state index in [1.807, 2.05) is 49.4 Å². The summed E-state index contributed by atoms with van der Waals surface area (Å²) >= 11 is 0. The standard InChI is InChI=1S/C23H25N3O3S/c1-16-7-9-17(10-8-16)14-26(21-12-11-18-5-3-4-6-20(18)21)30(28,29)19-13-22(23(24)27)25(2)15-19/h3-10,13,15,21H,11-12,14H2,1-2H3,(H2,24,27)/t21-/m0/s1. The number of carbonyl (C=O) groups excluding carboxylic acids is 1. The van der Waals surface area contributed by atoms with Gasteiger partial charge in [0.15, 0.2) is 0 Å². The van der Waals surface area contributed by atoms with Crippen molar-refractivity contribution in [2.75, 3.05) is 0 Å². The van der Waals surface area contributed by atoms with Gasteiger partial charge >= 0.3 is 0 Å². The van der Waals surface area contributed by atoms with Crippen LogP contribution in [-0.4, -0.2) is 23.2 Å². The van der Waals surface area contributed by atoms with Crippen LogP contribution in [0.4, 0.5) is 0 Å². The van der Waals surface area contributed by atoms with Gasteiger partial charge in [0, 0.05) is 19.8 Å². The van der Waals surface area contributed by atoms with Crippen LogP contribution in [0.15, 0.2) is 65.7 Å². The molecule has 156 valence electrons. The second-order valence-electron chi connectivity index (χ2n) is 7.83. The smallest absolute Gasteiger partial charge is 0.265 e. The van der Waals surface area contributed by atoms with Crippen molar-refractivity contribution < 1.29 is 13.2 Å². The van der Waals surface area contributed by atoms with Gasteiger partial charge in [0.25, 0.3) is 5.91 Å².